The van der Waals surface area contributed by atoms with Crippen LogP contribution in [0.15, 0.2) is 47.6 Å². The van der Waals surface area contributed by atoms with Gasteiger partial charge >= 0.3 is 0 Å². The van der Waals surface area contributed by atoms with E-state index in [1.165, 1.54) is 12.1 Å². The molecule has 1 aromatic carbocycles. The summed E-state index contributed by atoms with van der Waals surface area (Å²) in [5, 5.41) is 12.7. The summed E-state index contributed by atoms with van der Waals surface area (Å²) in [4.78, 5) is 17.6. The van der Waals surface area contributed by atoms with Crippen molar-refractivity contribution in [3.63, 3.8) is 0 Å². The molecular weight excluding hydrogens is 266 g/mol. The standard InChI is InChI=1S/C12H7N3O3S/c16-15(17)10-3-6-12(13-7-10)18-11-4-1-9(2-5-11)14-8-19/h1-7H. The maximum atomic E-state index is 10.5. The third-order valence-electron chi connectivity index (χ3n) is 2.17. The Morgan fingerprint density at radius 1 is 1.26 bits per heavy atom. The maximum Gasteiger partial charge on any atom is 0.287 e. The van der Waals surface area contributed by atoms with Crippen molar-refractivity contribution in [1.29, 1.82) is 0 Å². The highest BCUT2D eigenvalue weighted by atomic mass is 32.1. The third kappa shape index (κ3) is 3.41. The summed E-state index contributed by atoms with van der Waals surface area (Å²) in [6, 6.07) is 9.55. The first-order valence-corrected chi connectivity index (χ1v) is 5.56. The Hall–Kier alpha value is -2.63. The van der Waals surface area contributed by atoms with Gasteiger partial charge < -0.3 is 4.74 Å². The van der Waals surface area contributed by atoms with Crippen molar-refractivity contribution in [3.8, 4) is 11.6 Å². The van der Waals surface area contributed by atoms with Crippen LogP contribution in [0.4, 0.5) is 11.4 Å². The van der Waals surface area contributed by atoms with E-state index in [2.05, 4.69) is 27.4 Å². The van der Waals surface area contributed by atoms with E-state index in [0.717, 1.165) is 6.20 Å². The summed E-state index contributed by atoms with van der Waals surface area (Å²) in [5.74, 6) is 0.821. The van der Waals surface area contributed by atoms with Crippen molar-refractivity contribution < 1.29 is 9.66 Å². The molecule has 0 fully saturated rings. The van der Waals surface area contributed by atoms with Crippen LogP contribution in [-0.4, -0.2) is 15.1 Å². The minimum atomic E-state index is -0.519. The van der Waals surface area contributed by atoms with Crippen LogP contribution in [0.5, 0.6) is 11.6 Å². The van der Waals surface area contributed by atoms with E-state index < -0.39 is 4.92 Å². The zero-order valence-electron chi connectivity index (χ0n) is 9.52. The van der Waals surface area contributed by atoms with E-state index in [9.17, 15) is 10.1 Å². The lowest BCUT2D eigenvalue weighted by atomic mass is 10.3. The fourth-order valence-electron chi connectivity index (χ4n) is 1.30. The molecule has 2 rings (SSSR count). The highest BCUT2D eigenvalue weighted by molar-refractivity contribution is 7.78. The normalized spacial score (nSPS) is 9.47. The Balaban J connectivity index is 2.12. The van der Waals surface area contributed by atoms with Gasteiger partial charge in [0.25, 0.3) is 5.69 Å². The number of nitrogens with zero attached hydrogens (tertiary/aromatic N) is 3. The number of nitro groups is 1. The number of isothiocyanates is 1. The van der Waals surface area contributed by atoms with Gasteiger partial charge in [0.05, 0.1) is 15.8 Å². The summed E-state index contributed by atoms with van der Waals surface area (Å²) >= 11 is 4.49. The molecule has 0 aliphatic carbocycles. The van der Waals surface area contributed by atoms with Gasteiger partial charge in [-0.3, -0.25) is 10.1 Å². The number of aliphatic imine (C=N–C) groups is 1. The van der Waals surface area contributed by atoms with Crippen molar-refractivity contribution in [2.45, 2.75) is 0 Å². The molecule has 0 saturated heterocycles. The molecule has 94 valence electrons. The number of benzene rings is 1. The van der Waals surface area contributed by atoms with E-state index in [1.807, 2.05) is 0 Å². The second-order valence-corrected chi connectivity index (χ2v) is 3.59. The zero-order valence-corrected chi connectivity index (χ0v) is 10.3. The highest BCUT2D eigenvalue weighted by Crippen LogP contribution is 2.23. The van der Waals surface area contributed by atoms with E-state index in [4.69, 9.17) is 4.74 Å². The molecule has 0 amide bonds. The lowest BCUT2D eigenvalue weighted by Gasteiger charge is -2.03. The molecule has 0 bridgehead atoms. The molecule has 0 radical (unpaired) electrons. The SMILES string of the molecule is O=[N+]([O-])c1ccc(Oc2ccc(N=C=S)cc2)nc1. The maximum absolute atomic E-state index is 10.5. The second-order valence-electron chi connectivity index (χ2n) is 3.41. The van der Waals surface area contributed by atoms with Gasteiger partial charge in [0, 0.05) is 12.1 Å². The predicted octanol–water partition coefficient (Wildman–Crippen LogP) is 3.52. The summed E-state index contributed by atoms with van der Waals surface area (Å²) in [7, 11) is 0. The number of pyridine rings is 1. The Kier molecular flexibility index (Phi) is 3.92. The minimum absolute atomic E-state index is 0.0852. The molecule has 19 heavy (non-hydrogen) atoms. The van der Waals surface area contributed by atoms with Crippen molar-refractivity contribution in [3.05, 3.63) is 52.7 Å². The molecule has 0 unspecified atom stereocenters. The average molecular weight is 273 g/mol. The van der Waals surface area contributed by atoms with Gasteiger partial charge in [0.2, 0.25) is 5.88 Å². The zero-order chi connectivity index (χ0) is 13.7. The first-order valence-electron chi connectivity index (χ1n) is 5.15. The van der Waals surface area contributed by atoms with Crippen LogP contribution in [0.1, 0.15) is 0 Å². The first kappa shape index (κ1) is 12.8. The third-order valence-corrected chi connectivity index (χ3v) is 2.26. The lowest BCUT2D eigenvalue weighted by molar-refractivity contribution is -0.385. The number of ether oxygens (including phenoxy) is 1. The van der Waals surface area contributed by atoms with Crippen LogP contribution in [0.3, 0.4) is 0 Å². The minimum Gasteiger partial charge on any atom is -0.439 e. The van der Waals surface area contributed by atoms with Crippen molar-refractivity contribution in [1.82, 2.24) is 4.98 Å². The highest BCUT2D eigenvalue weighted by Gasteiger charge is 2.06. The number of aromatic nitrogens is 1. The Morgan fingerprint density at radius 2 is 2.00 bits per heavy atom. The smallest absolute Gasteiger partial charge is 0.287 e. The molecule has 2 aromatic rings. The summed E-state index contributed by atoms with van der Waals surface area (Å²) < 4.78 is 5.42. The average Bonchev–Trinajstić information content (AvgIpc) is 2.42. The van der Waals surface area contributed by atoms with Gasteiger partial charge in [-0.25, -0.2) is 4.98 Å². The molecule has 7 heteroatoms. The molecule has 0 saturated carbocycles. The van der Waals surface area contributed by atoms with Crippen LogP contribution in [-0.2, 0) is 0 Å². The quantitative estimate of drug-likeness (QED) is 0.368. The summed E-state index contributed by atoms with van der Waals surface area (Å²) in [6.07, 6.45) is 1.14. The molecule has 0 aliphatic heterocycles. The van der Waals surface area contributed by atoms with Crippen LogP contribution in [0, 0.1) is 10.1 Å². The van der Waals surface area contributed by atoms with Crippen molar-refractivity contribution in [2.75, 3.05) is 0 Å². The number of thiocarbonyl (C=S) groups is 1. The summed E-state index contributed by atoms with van der Waals surface area (Å²) in [6.45, 7) is 0. The van der Waals surface area contributed by atoms with E-state index in [0.29, 0.717) is 11.4 Å². The first-order chi connectivity index (χ1) is 9.19. The van der Waals surface area contributed by atoms with Gasteiger partial charge in [0.15, 0.2) is 0 Å². The van der Waals surface area contributed by atoms with Crippen LogP contribution in [0.25, 0.3) is 0 Å². The van der Waals surface area contributed by atoms with Gasteiger partial charge in [-0.1, -0.05) is 0 Å². The molecule has 1 aromatic heterocycles. The van der Waals surface area contributed by atoms with E-state index in [-0.39, 0.29) is 11.6 Å². The van der Waals surface area contributed by atoms with Crippen LogP contribution >= 0.6 is 12.2 Å². The molecule has 6 nitrogen and oxygen atoms in total. The molecule has 1 heterocycles. The van der Waals surface area contributed by atoms with Crippen LogP contribution in [0.2, 0.25) is 0 Å². The van der Waals surface area contributed by atoms with Crippen molar-refractivity contribution in [2.24, 2.45) is 4.99 Å². The molecule has 0 aliphatic rings. The summed E-state index contributed by atoms with van der Waals surface area (Å²) in [5.41, 5.74) is 0.581. The molecule has 0 spiro atoms. The van der Waals surface area contributed by atoms with Gasteiger partial charge in [0.1, 0.15) is 11.9 Å². The van der Waals surface area contributed by atoms with E-state index in [1.54, 1.807) is 24.3 Å². The number of rotatable bonds is 4. The molecular formula is C12H7N3O3S. The lowest BCUT2D eigenvalue weighted by Crippen LogP contribution is -1.91. The predicted molar refractivity (Wildman–Crippen MR) is 72.1 cm³/mol. The van der Waals surface area contributed by atoms with E-state index >= 15 is 0 Å². The fraction of sp³-hybridized carbons (Fsp3) is 0. The number of hydrogen-bond acceptors (Lipinski definition) is 6. The monoisotopic (exact) mass is 273 g/mol. The van der Waals surface area contributed by atoms with Gasteiger partial charge in [-0.2, -0.15) is 4.99 Å². The largest absolute Gasteiger partial charge is 0.439 e. The van der Waals surface area contributed by atoms with Crippen molar-refractivity contribution >= 4 is 28.8 Å². The molecule has 0 atom stereocenters. The second kappa shape index (κ2) is 5.81. The fourth-order valence-corrected chi connectivity index (χ4v) is 1.41. The Bertz CT molecular complexity index is 591. The van der Waals surface area contributed by atoms with Gasteiger partial charge in [-0.15, -0.1) is 0 Å². The topological polar surface area (TPSA) is 77.6 Å². The van der Waals surface area contributed by atoms with Crippen LogP contribution < -0.4 is 4.74 Å². The Morgan fingerprint density at radius 3 is 2.53 bits per heavy atom. The Labute approximate surface area is 113 Å². The molecule has 0 N–H and O–H groups in total. The number of hydrogen-bond donors (Lipinski definition) is 0. The van der Waals surface area contributed by atoms with Gasteiger partial charge in [-0.05, 0) is 36.5 Å².